The molecule has 0 bridgehead atoms. The van der Waals surface area contributed by atoms with Gasteiger partial charge < -0.3 is 10.1 Å². The van der Waals surface area contributed by atoms with Gasteiger partial charge in [-0.3, -0.25) is 19.8 Å². The van der Waals surface area contributed by atoms with Crippen molar-refractivity contribution in [3.8, 4) is 0 Å². The molecule has 0 spiro atoms. The van der Waals surface area contributed by atoms with Crippen molar-refractivity contribution in [2.75, 3.05) is 13.2 Å². The highest BCUT2D eigenvalue weighted by Gasteiger charge is 2.35. The number of nitrogens with one attached hydrogen (secondary N) is 2. The van der Waals surface area contributed by atoms with Gasteiger partial charge in [-0.05, 0) is 54.7 Å². The quantitative estimate of drug-likeness (QED) is 0.412. The first-order valence-electron chi connectivity index (χ1n) is 10.9. The standard InChI is InChI=1S/C25H25N3O4/c29-24(27-23-14-32-13-20(23)25(30)28-31)17-7-5-15(6-8-17)11-18-12-22(16-9-10-16)26-21-4-2-1-3-19(18)21/h1-8,12,16,20,23,31H,9-11,13-14H2,(H,27,29)(H,28,30)/t20-,23+/m0/s1. The summed E-state index contributed by atoms with van der Waals surface area (Å²) in [6, 6.07) is 17.5. The third kappa shape index (κ3) is 4.22. The van der Waals surface area contributed by atoms with Crippen LogP contribution in [0.1, 0.15) is 45.9 Å². The highest BCUT2D eigenvalue weighted by Crippen LogP contribution is 2.40. The van der Waals surface area contributed by atoms with E-state index >= 15 is 0 Å². The number of para-hydroxylation sites is 1. The van der Waals surface area contributed by atoms with Crippen LogP contribution < -0.4 is 10.8 Å². The summed E-state index contributed by atoms with van der Waals surface area (Å²) in [5, 5.41) is 12.9. The zero-order valence-corrected chi connectivity index (χ0v) is 17.6. The fourth-order valence-electron chi connectivity index (χ4n) is 4.29. The van der Waals surface area contributed by atoms with E-state index in [1.54, 1.807) is 17.6 Å². The van der Waals surface area contributed by atoms with Crippen molar-refractivity contribution in [1.82, 2.24) is 15.8 Å². The highest BCUT2D eigenvalue weighted by atomic mass is 16.5. The first-order valence-corrected chi connectivity index (χ1v) is 10.9. The lowest BCUT2D eigenvalue weighted by atomic mass is 9.98. The molecule has 2 atom stereocenters. The van der Waals surface area contributed by atoms with Gasteiger partial charge in [0, 0.05) is 22.6 Å². The Morgan fingerprint density at radius 3 is 2.59 bits per heavy atom. The molecule has 0 unspecified atom stereocenters. The summed E-state index contributed by atoms with van der Waals surface area (Å²) in [7, 11) is 0. The molecule has 1 aliphatic heterocycles. The number of hydrogen-bond donors (Lipinski definition) is 3. The Bertz CT molecular complexity index is 1160. The lowest BCUT2D eigenvalue weighted by Crippen LogP contribution is -2.45. The first kappa shape index (κ1) is 20.6. The summed E-state index contributed by atoms with van der Waals surface area (Å²) in [6.07, 6.45) is 3.18. The number of amides is 2. The van der Waals surface area contributed by atoms with Gasteiger partial charge in [0.15, 0.2) is 0 Å². The third-order valence-corrected chi connectivity index (χ3v) is 6.27. The van der Waals surface area contributed by atoms with E-state index in [4.69, 9.17) is 14.9 Å². The van der Waals surface area contributed by atoms with E-state index in [2.05, 4.69) is 23.5 Å². The van der Waals surface area contributed by atoms with Crippen LogP contribution in [-0.4, -0.2) is 41.3 Å². The molecule has 1 saturated carbocycles. The van der Waals surface area contributed by atoms with Crippen molar-refractivity contribution in [3.63, 3.8) is 0 Å². The summed E-state index contributed by atoms with van der Waals surface area (Å²) < 4.78 is 5.29. The van der Waals surface area contributed by atoms with Crippen molar-refractivity contribution in [1.29, 1.82) is 0 Å². The van der Waals surface area contributed by atoms with E-state index in [0.717, 1.165) is 22.9 Å². The molecular formula is C25H25N3O4. The Kier molecular flexibility index (Phi) is 5.59. The molecule has 164 valence electrons. The fourth-order valence-corrected chi connectivity index (χ4v) is 4.29. The molecule has 0 radical (unpaired) electrons. The topological polar surface area (TPSA) is 101 Å². The maximum Gasteiger partial charge on any atom is 0.251 e. The Morgan fingerprint density at radius 1 is 1.06 bits per heavy atom. The average molecular weight is 431 g/mol. The minimum Gasteiger partial charge on any atom is -0.378 e. The molecule has 1 aliphatic carbocycles. The van der Waals surface area contributed by atoms with E-state index in [-0.39, 0.29) is 19.1 Å². The second-order valence-electron chi connectivity index (χ2n) is 8.57. The lowest BCUT2D eigenvalue weighted by Gasteiger charge is -2.17. The monoisotopic (exact) mass is 431 g/mol. The van der Waals surface area contributed by atoms with Crippen LogP contribution in [0.15, 0.2) is 54.6 Å². The summed E-state index contributed by atoms with van der Waals surface area (Å²) >= 11 is 0. The molecule has 2 aliphatic rings. The summed E-state index contributed by atoms with van der Waals surface area (Å²) in [5.74, 6) is -0.851. The van der Waals surface area contributed by atoms with E-state index in [1.165, 1.54) is 24.1 Å². The second-order valence-corrected chi connectivity index (χ2v) is 8.57. The van der Waals surface area contributed by atoms with Crippen molar-refractivity contribution in [2.24, 2.45) is 5.92 Å². The van der Waals surface area contributed by atoms with Gasteiger partial charge in [-0.1, -0.05) is 30.3 Å². The van der Waals surface area contributed by atoms with Crippen LogP contribution in [-0.2, 0) is 16.0 Å². The molecule has 3 N–H and O–H groups in total. The Morgan fingerprint density at radius 2 is 1.84 bits per heavy atom. The van der Waals surface area contributed by atoms with E-state index < -0.39 is 17.9 Å². The summed E-state index contributed by atoms with van der Waals surface area (Å²) in [4.78, 5) is 29.2. The molecule has 2 fully saturated rings. The minimum atomic E-state index is -0.608. The predicted octanol–water partition coefficient (Wildman–Crippen LogP) is 2.95. The molecule has 7 heteroatoms. The molecule has 1 aromatic heterocycles. The zero-order chi connectivity index (χ0) is 22.1. The van der Waals surface area contributed by atoms with Crippen molar-refractivity contribution in [2.45, 2.75) is 31.2 Å². The number of hydroxylamine groups is 1. The molecule has 2 amide bonds. The van der Waals surface area contributed by atoms with Crippen molar-refractivity contribution >= 4 is 22.7 Å². The molecule has 32 heavy (non-hydrogen) atoms. The SMILES string of the molecule is O=C(N[C@@H]1COC[C@@H]1C(=O)NO)c1ccc(Cc2cc(C3CC3)nc3ccccc23)cc1. The number of pyridine rings is 1. The Labute approximate surface area is 185 Å². The number of benzene rings is 2. The zero-order valence-electron chi connectivity index (χ0n) is 17.6. The van der Waals surface area contributed by atoms with Gasteiger partial charge in [-0.25, -0.2) is 5.48 Å². The van der Waals surface area contributed by atoms with Crippen LogP contribution in [0.2, 0.25) is 0 Å². The van der Waals surface area contributed by atoms with Crippen molar-refractivity contribution in [3.05, 3.63) is 77.0 Å². The molecule has 3 aromatic rings. The predicted molar refractivity (Wildman–Crippen MR) is 118 cm³/mol. The molecule has 7 nitrogen and oxygen atoms in total. The molecule has 5 rings (SSSR count). The number of rotatable bonds is 6. The van der Waals surface area contributed by atoms with Crippen molar-refractivity contribution < 1.29 is 19.5 Å². The first-order chi connectivity index (χ1) is 15.6. The van der Waals surface area contributed by atoms with Crippen LogP contribution in [0.5, 0.6) is 0 Å². The lowest BCUT2D eigenvalue weighted by molar-refractivity contribution is -0.133. The maximum atomic E-state index is 12.7. The number of carbonyl (C=O) groups is 2. The van der Waals surface area contributed by atoms with Gasteiger partial charge in [0.25, 0.3) is 11.8 Å². The number of ether oxygens (including phenoxy) is 1. The number of aromatic nitrogens is 1. The highest BCUT2D eigenvalue weighted by molar-refractivity contribution is 5.95. The fraction of sp³-hybridized carbons (Fsp3) is 0.320. The molecular weight excluding hydrogens is 406 g/mol. The van der Waals surface area contributed by atoms with Gasteiger partial charge in [0.2, 0.25) is 0 Å². The molecule has 2 heterocycles. The third-order valence-electron chi connectivity index (χ3n) is 6.27. The summed E-state index contributed by atoms with van der Waals surface area (Å²) in [6.45, 7) is 0.402. The van der Waals surface area contributed by atoms with Crippen LogP contribution >= 0.6 is 0 Å². The molecule has 2 aromatic carbocycles. The van der Waals surface area contributed by atoms with Crippen LogP contribution in [0.25, 0.3) is 10.9 Å². The largest absolute Gasteiger partial charge is 0.378 e. The van der Waals surface area contributed by atoms with Crippen LogP contribution in [0, 0.1) is 5.92 Å². The Hall–Kier alpha value is -3.29. The number of hydrogen-bond acceptors (Lipinski definition) is 5. The van der Waals surface area contributed by atoms with Gasteiger partial charge >= 0.3 is 0 Å². The van der Waals surface area contributed by atoms with E-state index in [9.17, 15) is 9.59 Å². The van der Waals surface area contributed by atoms with E-state index in [1.807, 2.05) is 24.3 Å². The maximum absolute atomic E-state index is 12.7. The van der Waals surface area contributed by atoms with E-state index in [0.29, 0.717) is 11.5 Å². The van der Waals surface area contributed by atoms with Gasteiger partial charge in [-0.2, -0.15) is 0 Å². The smallest absolute Gasteiger partial charge is 0.251 e. The molecule has 1 saturated heterocycles. The van der Waals surface area contributed by atoms with Gasteiger partial charge in [0.05, 0.1) is 30.7 Å². The number of fused-ring (bicyclic) bond motifs is 1. The minimum absolute atomic E-state index is 0.166. The Balaban J connectivity index is 1.31. The van der Waals surface area contributed by atoms with Crippen LogP contribution in [0.4, 0.5) is 0 Å². The van der Waals surface area contributed by atoms with Crippen LogP contribution in [0.3, 0.4) is 0 Å². The number of nitrogens with zero attached hydrogens (tertiary/aromatic N) is 1. The number of carbonyl (C=O) groups excluding carboxylic acids is 2. The van der Waals surface area contributed by atoms with Gasteiger partial charge in [-0.15, -0.1) is 0 Å². The second kappa shape index (κ2) is 8.68. The summed E-state index contributed by atoms with van der Waals surface area (Å²) in [5.41, 5.74) is 6.71. The van der Waals surface area contributed by atoms with Gasteiger partial charge in [0.1, 0.15) is 0 Å². The normalized spacial score (nSPS) is 20.3. The average Bonchev–Trinajstić information content (AvgIpc) is 3.58.